The Morgan fingerprint density at radius 3 is 2.12 bits per heavy atom. The Morgan fingerprint density at radius 2 is 1.60 bits per heavy atom. The number of aliphatic imine (C=N–C) groups is 1. The fraction of sp³-hybridized carbons (Fsp3) is 0.391. The van der Waals surface area contributed by atoms with Gasteiger partial charge in [0.25, 0.3) is 0 Å². The largest absolute Gasteiger partial charge is 0.376 e. The first-order chi connectivity index (χ1) is 25.1. The number of ketones is 1. The van der Waals surface area contributed by atoms with Gasteiger partial charge in [-0.1, -0.05) is 133 Å². The number of carbonyl (C=O) groups excluding carboxylic acids is 2. The number of fused-ring (bicyclic) bond motifs is 1. The molecule has 1 aliphatic rings. The van der Waals surface area contributed by atoms with E-state index in [0.29, 0.717) is 24.2 Å². The number of benzene rings is 3. The molecule has 0 aromatic heterocycles. The number of nitrogens with one attached hydrogen (secondary N) is 2. The molecule has 6 heteroatoms. The monoisotopic (exact) mass is 700 g/mol. The van der Waals surface area contributed by atoms with Crippen LogP contribution in [0.2, 0.25) is 0 Å². The maximum atomic E-state index is 10.0. The summed E-state index contributed by atoms with van der Waals surface area (Å²) in [5, 5.41) is 17.7. The number of hydrogen-bond acceptors (Lipinski definition) is 5. The molecular formula is C46H60N4O2. The van der Waals surface area contributed by atoms with Crippen molar-refractivity contribution in [1.29, 1.82) is 5.26 Å². The summed E-state index contributed by atoms with van der Waals surface area (Å²) in [7, 11) is 0. The lowest BCUT2D eigenvalue weighted by Gasteiger charge is -2.23. The molecule has 0 radical (unpaired) electrons. The van der Waals surface area contributed by atoms with E-state index in [9.17, 15) is 9.59 Å². The average molecular weight is 701 g/mol. The Bertz CT molecular complexity index is 1770. The van der Waals surface area contributed by atoms with Gasteiger partial charge in [0.2, 0.25) is 6.41 Å². The van der Waals surface area contributed by atoms with Crippen LogP contribution in [0.5, 0.6) is 0 Å². The molecule has 0 aliphatic heterocycles. The summed E-state index contributed by atoms with van der Waals surface area (Å²) < 4.78 is 0. The van der Waals surface area contributed by atoms with E-state index < -0.39 is 0 Å². The number of aryl methyl sites for hydroxylation is 1. The fourth-order valence-corrected chi connectivity index (χ4v) is 4.88. The van der Waals surface area contributed by atoms with Crippen LogP contribution in [0, 0.1) is 23.2 Å². The van der Waals surface area contributed by atoms with E-state index in [1.807, 2.05) is 27.7 Å². The molecule has 6 nitrogen and oxygen atoms in total. The number of unbranched alkanes of at least 4 members (excludes halogenated alkanes) is 1. The lowest BCUT2D eigenvalue weighted by Crippen LogP contribution is -2.27. The molecule has 52 heavy (non-hydrogen) atoms. The molecule has 0 saturated heterocycles. The number of Topliss-reactive ketones (excluding diaryl/α,β-unsaturated/α-hetero) is 1. The minimum Gasteiger partial charge on any atom is -0.376 e. The zero-order chi connectivity index (χ0) is 38.8. The van der Waals surface area contributed by atoms with Crippen molar-refractivity contribution >= 4 is 34.9 Å². The third kappa shape index (κ3) is 16.2. The summed E-state index contributed by atoms with van der Waals surface area (Å²) in [4.78, 5) is 24.2. The van der Waals surface area contributed by atoms with Gasteiger partial charge in [-0.25, -0.2) is 4.99 Å². The van der Waals surface area contributed by atoms with Crippen LogP contribution in [0.25, 0.3) is 16.5 Å². The van der Waals surface area contributed by atoms with Crippen molar-refractivity contribution < 1.29 is 9.59 Å². The predicted molar refractivity (Wildman–Crippen MR) is 222 cm³/mol. The number of nitrogens with zero attached hydrogens (tertiary/aromatic N) is 2. The van der Waals surface area contributed by atoms with Gasteiger partial charge in [0.15, 0.2) is 0 Å². The Balaban J connectivity index is 0.000000425. The molecule has 1 fully saturated rings. The van der Waals surface area contributed by atoms with Crippen LogP contribution in [0.1, 0.15) is 117 Å². The number of amides is 1. The summed E-state index contributed by atoms with van der Waals surface area (Å²) in [6.07, 6.45) is 12.5. The second-order valence-electron chi connectivity index (χ2n) is 12.6. The van der Waals surface area contributed by atoms with E-state index >= 15 is 0 Å². The van der Waals surface area contributed by atoms with E-state index in [0.717, 1.165) is 37.0 Å². The molecule has 276 valence electrons. The van der Waals surface area contributed by atoms with Gasteiger partial charge in [-0.2, -0.15) is 5.26 Å². The molecule has 1 amide bonds. The molecule has 0 atom stereocenters. The summed E-state index contributed by atoms with van der Waals surface area (Å²) in [6, 6.07) is 26.0. The van der Waals surface area contributed by atoms with Gasteiger partial charge in [0, 0.05) is 29.5 Å². The van der Waals surface area contributed by atoms with E-state index in [1.54, 1.807) is 19.2 Å². The Hall–Kier alpha value is -5.20. The summed E-state index contributed by atoms with van der Waals surface area (Å²) in [6.45, 7) is 20.5. The highest BCUT2D eigenvalue weighted by Gasteiger charge is 2.44. The van der Waals surface area contributed by atoms with Crippen LogP contribution >= 0.6 is 0 Å². The van der Waals surface area contributed by atoms with Gasteiger partial charge in [-0.05, 0) is 86.4 Å². The van der Waals surface area contributed by atoms with Crippen molar-refractivity contribution in [1.82, 2.24) is 10.6 Å². The average Bonchev–Trinajstić information content (AvgIpc) is 3.96. The lowest BCUT2D eigenvalue weighted by atomic mass is 9.98. The van der Waals surface area contributed by atoms with Crippen LogP contribution in [-0.4, -0.2) is 25.0 Å². The first kappa shape index (κ1) is 44.8. The van der Waals surface area contributed by atoms with Gasteiger partial charge in [0.1, 0.15) is 17.5 Å². The second kappa shape index (κ2) is 25.7. The Kier molecular flexibility index (Phi) is 22.2. The van der Waals surface area contributed by atoms with E-state index in [1.165, 1.54) is 53.1 Å². The molecule has 4 rings (SSSR count). The quantitative estimate of drug-likeness (QED) is 0.0610. The highest BCUT2D eigenvalue weighted by atomic mass is 16.1. The third-order valence-electron chi connectivity index (χ3n) is 8.46. The molecule has 3 aromatic carbocycles. The molecule has 2 N–H and O–H groups in total. The number of rotatable bonds is 13. The molecule has 0 spiro atoms. The molecule has 3 aromatic rings. The summed E-state index contributed by atoms with van der Waals surface area (Å²) >= 11 is 0. The minimum atomic E-state index is 0.0575. The maximum Gasteiger partial charge on any atom is 0.207 e. The van der Waals surface area contributed by atoms with Crippen LogP contribution in [0.3, 0.4) is 0 Å². The van der Waals surface area contributed by atoms with Gasteiger partial charge >= 0.3 is 0 Å². The second-order valence-corrected chi connectivity index (χ2v) is 12.6. The normalized spacial score (nSPS) is 12.8. The van der Waals surface area contributed by atoms with Gasteiger partial charge in [-0.3, -0.25) is 4.79 Å². The lowest BCUT2D eigenvalue weighted by molar-refractivity contribution is -0.117. The smallest absolute Gasteiger partial charge is 0.207 e. The molecule has 1 aliphatic carbocycles. The zero-order valence-corrected chi connectivity index (χ0v) is 32.9. The number of nitriles is 1. The summed E-state index contributed by atoms with van der Waals surface area (Å²) in [5.74, 6) is 5.91. The first-order valence-electron chi connectivity index (χ1n) is 18.6. The van der Waals surface area contributed by atoms with Crippen LogP contribution in [0.4, 0.5) is 0 Å². The van der Waals surface area contributed by atoms with E-state index in [2.05, 4.69) is 128 Å². The van der Waals surface area contributed by atoms with E-state index in [4.69, 9.17) is 5.26 Å². The molecule has 1 saturated carbocycles. The van der Waals surface area contributed by atoms with Crippen molar-refractivity contribution in [2.24, 2.45) is 4.99 Å². The molecular weight excluding hydrogens is 641 g/mol. The van der Waals surface area contributed by atoms with Gasteiger partial charge in [0.05, 0.1) is 12.1 Å². The number of hydrogen-bond donors (Lipinski definition) is 2. The topological polar surface area (TPSA) is 94.3 Å². The SMILES string of the molecule is C=C(NC1(c2ccc3ccccc3c2)CC1)c1ccccc1CC.CCCC.CCCC(C)=O.C\C=C(C#CCNC=O)/C=N/C(C#N)=C(\C)CC. The third-order valence-corrected chi connectivity index (χ3v) is 8.46. The number of allylic oxidation sites excluding steroid dienone is 4. The highest BCUT2D eigenvalue weighted by Crippen LogP contribution is 2.47. The molecule has 0 bridgehead atoms. The van der Waals surface area contributed by atoms with Crippen LogP contribution < -0.4 is 10.6 Å². The Morgan fingerprint density at radius 1 is 0.942 bits per heavy atom. The number of carbonyl (C=O) groups is 2. The highest BCUT2D eigenvalue weighted by molar-refractivity contribution is 5.85. The maximum absolute atomic E-state index is 10.0. The Labute approximate surface area is 314 Å². The van der Waals surface area contributed by atoms with Crippen LogP contribution in [0.15, 0.2) is 101 Å². The first-order valence-corrected chi connectivity index (χ1v) is 18.6. The zero-order valence-electron chi connectivity index (χ0n) is 32.9. The van der Waals surface area contributed by atoms with Crippen molar-refractivity contribution in [3.8, 4) is 17.9 Å². The fourth-order valence-electron chi connectivity index (χ4n) is 4.88. The summed E-state index contributed by atoms with van der Waals surface area (Å²) in [5.41, 5.74) is 7.14. The van der Waals surface area contributed by atoms with Crippen LogP contribution in [-0.2, 0) is 21.5 Å². The molecule has 0 unspecified atom stereocenters. The van der Waals surface area contributed by atoms with Gasteiger partial charge < -0.3 is 15.4 Å². The van der Waals surface area contributed by atoms with Crippen molar-refractivity contribution in [2.75, 3.05) is 6.54 Å². The predicted octanol–water partition coefficient (Wildman–Crippen LogP) is 10.8. The standard InChI is InChI=1S/C23H23N.C14H17N3O.C5H10O.C4H10/c1-3-18-8-6-7-11-22(18)17(2)24-23(14-15-23)21-13-12-19-9-4-5-10-20(19)16-21;1-4-12(3)14(9-15)17-10-13(5-2)7-6-8-16-11-18;1-3-4-5(2)6;1-3-4-2/h4-13,16,24H,2-3,14-15H2,1H3;5,10-11H,4,8H2,1-3H3,(H,16,18);3-4H2,1-2H3;3-4H2,1-2H3/b;13-5-,14-12+,17-10+;;. The van der Waals surface area contributed by atoms with Crippen molar-refractivity contribution in [2.45, 2.75) is 112 Å². The minimum absolute atomic E-state index is 0.0575. The van der Waals surface area contributed by atoms with Gasteiger partial charge in [-0.15, -0.1) is 0 Å². The van der Waals surface area contributed by atoms with Crippen molar-refractivity contribution in [3.63, 3.8) is 0 Å². The van der Waals surface area contributed by atoms with E-state index in [-0.39, 0.29) is 11.3 Å². The molecule has 0 heterocycles. The van der Waals surface area contributed by atoms with Crippen molar-refractivity contribution in [3.05, 3.63) is 113 Å².